The van der Waals surface area contributed by atoms with E-state index in [9.17, 15) is 13.6 Å². The van der Waals surface area contributed by atoms with Gasteiger partial charge in [-0.3, -0.25) is 9.78 Å². The number of carbonyl (C=O) groups excluding carboxylic acids is 1. The summed E-state index contributed by atoms with van der Waals surface area (Å²) in [5.41, 5.74) is 3.13. The number of hydrogen-bond donors (Lipinski definition) is 2. The first kappa shape index (κ1) is 17.5. The Bertz CT molecular complexity index is 927. The third kappa shape index (κ3) is 4.22. The first-order chi connectivity index (χ1) is 12.5. The summed E-state index contributed by atoms with van der Waals surface area (Å²) in [6.45, 7) is 2.09. The Hall–Kier alpha value is -3.28. The Kier molecular flexibility index (Phi) is 5.22. The Morgan fingerprint density at radius 2 is 1.65 bits per heavy atom. The van der Waals surface area contributed by atoms with Gasteiger partial charge in [-0.25, -0.2) is 8.78 Å². The van der Waals surface area contributed by atoms with Gasteiger partial charge >= 0.3 is 0 Å². The molecule has 26 heavy (non-hydrogen) atoms. The van der Waals surface area contributed by atoms with Crippen LogP contribution in [-0.4, -0.2) is 10.9 Å². The minimum atomic E-state index is -1.03. The Labute approximate surface area is 149 Å². The van der Waals surface area contributed by atoms with Gasteiger partial charge in [-0.05, 0) is 48.4 Å². The minimum Gasteiger partial charge on any atom is -0.355 e. The first-order valence-electron chi connectivity index (χ1n) is 8.13. The summed E-state index contributed by atoms with van der Waals surface area (Å²) < 4.78 is 26.2. The molecule has 0 fully saturated rings. The molecule has 0 spiro atoms. The molecule has 3 aromatic rings. The maximum absolute atomic E-state index is 13.2. The second-order valence-corrected chi connectivity index (χ2v) is 5.69. The van der Waals surface area contributed by atoms with E-state index in [4.69, 9.17) is 0 Å². The summed E-state index contributed by atoms with van der Waals surface area (Å²) in [6.07, 6.45) is 2.47. The lowest BCUT2D eigenvalue weighted by Crippen LogP contribution is -2.14. The number of halogens is 2. The van der Waals surface area contributed by atoms with Crippen molar-refractivity contribution in [1.82, 2.24) is 4.98 Å². The third-order valence-corrected chi connectivity index (χ3v) is 3.82. The number of benzene rings is 2. The predicted octanol–water partition coefficient (Wildman–Crippen LogP) is 4.92. The van der Waals surface area contributed by atoms with Crippen molar-refractivity contribution in [3.63, 3.8) is 0 Å². The molecule has 2 aromatic carbocycles. The van der Waals surface area contributed by atoms with Crippen LogP contribution in [0.3, 0.4) is 0 Å². The van der Waals surface area contributed by atoms with Gasteiger partial charge in [0, 0.05) is 29.3 Å². The molecule has 2 N–H and O–H groups in total. The zero-order valence-corrected chi connectivity index (χ0v) is 14.1. The molecule has 0 atom stereocenters. The van der Waals surface area contributed by atoms with Crippen LogP contribution in [0.5, 0.6) is 0 Å². The van der Waals surface area contributed by atoms with Gasteiger partial charge in [0.15, 0.2) is 11.6 Å². The second-order valence-electron chi connectivity index (χ2n) is 5.69. The van der Waals surface area contributed by atoms with Gasteiger partial charge in [0.05, 0.1) is 0 Å². The largest absolute Gasteiger partial charge is 0.355 e. The van der Waals surface area contributed by atoms with E-state index in [-0.39, 0.29) is 11.4 Å². The molecule has 1 amide bonds. The molecule has 1 aromatic heterocycles. The number of pyridine rings is 1. The number of hydrogen-bond acceptors (Lipinski definition) is 3. The lowest BCUT2D eigenvalue weighted by atomic mass is 10.1. The molecule has 0 bridgehead atoms. The van der Waals surface area contributed by atoms with E-state index in [1.807, 2.05) is 24.3 Å². The topological polar surface area (TPSA) is 54.0 Å². The van der Waals surface area contributed by atoms with Gasteiger partial charge in [-0.15, -0.1) is 0 Å². The quantitative estimate of drug-likeness (QED) is 0.685. The Balaban J connectivity index is 1.73. The van der Waals surface area contributed by atoms with Crippen molar-refractivity contribution in [1.29, 1.82) is 0 Å². The van der Waals surface area contributed by atoms with Crippen LogP contribution in [-0.2, 0) is 6.42 Å². The summed E-state index contributed by atoms with van der Waals surface area (Å²) >= 11 is 0. The summed E-state index contributed by atoms with van der Waals surface area (Å²) in [7, 11) is 0. The average Bonchev–Trinajstić information content (AvgIpc) is 2.65. The number of anilines is 3. The van der Waals surface area contributed by atoms with E-state index in [0.717, 1.165) is 24.2 Å². The van der Waals surface area contributed by atoms with E-state index in [1.165, 1.54) is 17.8 Å². The zero-order valence-electron chi connectivity index (χ0n) is 14.1. The predicted molar refractivity (Wildman–Crippen MR) is 97.7 cm³/mol. The molecule has 4 nitrogen and oxygen atoms in total. The monoisotopic (exact) mass is 353 g/mol. The van der Waals surface area contributed by atoms with Crippen molar-refractivity contribution in [2.45, 2.75) is 13.3 Å². The highest BCUT2D eigenvalue weighted by Crippen LogP contribution is 2.19. The third-order valence-electron chi connectivity index (χ3n) is 3.82. The standard InChI is InChI=1S/C20H17F2N3O/c1-2-13-3-5-14(6-4-13)24-16-9-10-23-19(12-16)20(26)25-15-7-8-17(21)18(22)11-15/h3-12H,2H2,1H3,(H,23,24)(H,25,26). The molecule has 3 rings (SSSR count). The maximum atomic E-state index is 13.2. The molecule has 0 aliphatic carbocycles. The van der Waals surface area contributed by atoms with Crippen molar-refractivity contribution in [3.8, 4) is 0 Å². The van der Waals surface area contributed by atoms with Crippen molar-refractivity contribution in [3.05, 3.63) is 83.7 Å². The minimum absolute atomic E-state index is 0.157. The van der Waals surface area contributed by atoms with Gasteiger partial charge < -0.3 is 10.6 Å². The Morgan fingerprint density at radius 3 is 2.35 bits per heavy atom. The van der Waals surface area contributed by atoms with Crippen LogP contribution >= 0.6 is 0 Å². The summed E-state index contributed by atoms with van der Waals surface area (Å²) in [5, 5.41) is 5.70. The van der Waals surface area contributed by atoms with Gasteiger partial charge in [0.25, 0.3) is 5.91 Å². The number of aromatic nitrogens is 1. The van der Waals surface area contributed by atoms with E-state index in [1.54, 1.807) is 12.1 Å². The van der Waals surface area contributed by atoms with Crippen LogP contribution in [0.1, 0.15) is 23.0 Å². The average molecular weight is 353 g/mol. The SMILES string of the molecule is CCc1ccc(Nc2ccnc(C(=O)Nc3ccc(F)c(F)c3)c2)cc1. The molecule has 0 aliphatic rings. The van der Waals surface area contributed by atoms with Crippen LogP contribution in [0.2, 0.25) is 0 Å². The van der Waals surface area contributed by atoms with Crippen molar-refractivity contribution in [2.24, 2.45) is 0 Å². The molecule has 6 heteroatoms. The number of amides is 1. The van der Waals surface area contributed by atoms with Crippen LogP contribution in [0, 0.1) is 11.6 Å². The van der Waals surface area contributed by atoms with E-state index < -0.39 is 17.5 Å². The van der Waals surface area contributed by atoms with Gasteiger partial charge in [-0.1, -0.05) is 19.1 Å². The Morgan fingerprint density at radius 1 is 0.923 bits per heavy atom. The van der Waals surface area contributed by atoms with Gasteiger partial charge in [0.1, 0.15) is 5.69 Å². The second kappa shape index (κ2) is 7.74. The van der Waals surface area contributed by atoms with E-state index >= 15 is 0 Å². The zero-order chi connectivity index (χ0) is 18.5. The summed E-state index contributed by atoms with van der Waals surface area (Å²) in [6, 6.07) is 14.5. The lowest BCUT2D eigenvalue weighted by molar-refractivity contribution is 0.102. The summed E-state index contributed by atoms with van der Waals surface area (Å²) in [4.78, 5) is 16.3. The van der Waals surface area contributed by atoms with Crippen LogP contribution in [0.25, 0.3) is 0 Å². The fraction of sp³-hybridized carbons (Fsp3) is 0.100. The van der Waals surface area contributed by atoms with Crippen molar-refractivity contribution in [2.75, 3.05) is 10.6 Å². The molecule has 0 aliphatic heterocycles. The number of rotatable bonds is 5. The lowest BCUT2D eigenvalue weighted by Gasteiger charge is -2.09. The fourth-order valence-corrected chi connectivity index (χ4v) is 2.39. The van der Waals surface area contributed by atoms with Gasteiger partial charge in [-0.2, -0.15) is 0 Å². The number of nitrogens with one attached hydrogen (secondary N) is 2. The van der Waals surface area contributed by atoms with E-state index in [2.05, 4.69) is 22.5 Å². The molecule has 0 radical (unpaired) electrons. The molecule has 0 unspecified atom stereocenters. The van der Waals surface area contributed by atoms with Crippen LogP contribution < -0.4 is 10.6 Å². The normalized spacial score (nSPS) is 10.4. The molecular weight excluding hydrogens is 336 g/mol. The molecular formula is C20H17F2N3O. The van der Waals surface area contributed by atoms with Crippen molar-refractivity contribution >= 4 is 23.0 Å². The van der Waals surface area contributed by atoms with E-state index in [0.29, 0.717) is 5.69 Å². The molecule has 132 valence electrons. The number of carbonyl (C=O) groups is 1. The number of aryl methyl sites for hydroxylation is 1. The molecule has 0 saturated heterocycles. The number of nitrogens with zero attached hydrogens (tertiary/aromatic N) is 1. The highest BCUT2D eigenvalue weighted by Gasteiger charge is 2.10. The van der Waals surface area contributed by atoms with Crippen LogP contribution in [0.15, 0.2) is 60.8 Å². The van der Waals surface area contributed by atoms with Gasteiger partial charge in [0.2, 0.25) is 0 Å². The molecule has 0 saturated carbocycles. The van der Waals surface area contributed by atoms with Crippen LogP contribution in [0.4, 0.5) is 25.8 Å². The highest BCUT2D eigenvalue weighted by atomic mass is 19.2. The fourth-order valence-electron chi connectivity index (χ4n) is 2.39. The molecule has 1 heterocycles. The smallest absolute Gasteiger partial charge is 0.274 e. The van der Waals surface area contributed by atoms with Crippen molar-refractivity contribution < 1.29 is 13.6 Å². The first-order valence-corrected chi connectivity index (χ1v) is 8.13. The highest BCUT2D eigenvalue weighted by molar-refractivity contribution is 6.03. The summed E-state index contributed by atoms with van der Waals surface area (Å²) in [5.74, 6) is -2.51. The maximum Gasteiger partial charge on any atom is 0.274 e.